The Balaban J connectivity index is 1.70. The number of halogens is 2. The van der Waals surface area contributed by atoms with E-state index >= 15 is 4.39 Å². The van der Waals surface area contributed by atoms with Crippen LogP contribution in [0, 0.1) is 17.7 Å². The van der Waals surface area contributed by atoms with E-state index in [1.807, 2.05) is 0 Å². The van der Waals surface area contributed by atoms with Crippen LogP contribution in [0.2, 0.25) is 5.28 Å². The van der Waals surface area contributed by atoms with Gasteiger partial charge in [0.25, 0.3) is 0 Å². The molecular formula is C21H31ClFN5O4. The standard InChI is InChI=1S/C21H31ClFN5O4/c22-21-25-17(18(23)19(26-21)28-8-3-6-16(28)7-9-29)11-24-20(31)15(12-27(32)13-30)10-14-4-1-2-5-14/h13-16,29,32H,1-12H2,(H,24,31)/t15-,16+/m1/s1. The first kappa shape index (κ1) is 24.6. The predicted molar refractivity (Wildman–Crippen MR) is 116 cm³/mol. The molecule has 2 atom stereocenters. The Bertz CT molecular complexity index is 796. The quantitative estimate of drug-likeness (QED) is 0.196. The van der Waals surface area contributed by atoms with Crippen molar-refractivity contribution in [2.24, 2.45) is 11.8 Å². The lowest BCUT2D eigenvalue weighted by Crippen LogP contribution is -2.38. The molecule has 0 bridgehead atoms. The summed E-state index contributed by atoms with van der Waals surface area (Å²) >= 11 is 6.05. The molecule has 3 rings (SSSR count). The number of aliphatic hydroxyl groups excluding tert-OH is 1. The van der Waals surface area contributed by atoms with Gasteiger partial charge >= 0.3 is 0 Å². The van der Waals surface area contributed by atoms with Crippen LogP contribution in [0.15, 0.2) is 0 Å². The molecule has 0 radical (unpaired) electrons. The van der Waals surface area contributed by atoms with E-state index in [4.69, 9.17) is 11.6 Å². The highest BCUT2D eigenvalue weighted by Gasteiger charge is 2.30. The first-order valence-electron chi connectivity index (χ1n) is 11.2. The third-order valence-electron chi connectivity index (χ3n) is 6.41. The van der Waals surface area contributed by atoms with Crippen molar-refractivity contribution in [3.8, 4) is 0 Å². The van der Waals surface area contributed by atoms with Gasteiger partial charge in [-0.1, -0.05) is 25.7 Å². The number of carbonyl (C=O) groups excluding carboxylic acids is 2. The fourth-order valence-electron chi connectivity index (χ4n) is 4.82. The van der Waals surface area contributed by atoms with Crippen molar-refractivity contribution in [1.82, 2.24) is 20.3 Å². The Hall–Kier alpha value is -2.04. The average molecular weight is 472 g/mol. The molecule has 1 aliphatic carbocycles. The summed E-state index contributed by atoms with van der Waals surface area (Å²) in [5.74, 6) is -1.20. The highest BCUT2D eigenvalue weighted by atomic mass is 35.5. The van der Waals surface area contributed by atoms with Gasteiger partial charge in [-0.15, -0.1) is 0 Å². The van der Waals surface area contributed by atoms with Gasteiger partial charge in [-0.05, 0) is 43.2 Å². The normalized spacial score (nSPS) is 19.9. The summed E-state index contributed by atoms with van der Waals surface area (Å²) in [6.07, 6.45) is 7.24. The number of aliphatic hydroxyl groups is 1. The Morgan fingerprint density at radius 3 is 2.75 bits per heavy atom. The van der Waals surface area contributed by atoms with E-state index in [1.165, 1.54) is 0 Å². The molecular weight excluding hydrogens is 441 g/mol. The average Bonchev–Trinajstić information content (AvgIpc) is 3.45. The Morgan fingerprint density at radius 2 is 2.06 bits per heavy atom. The van der Waals surface area contributed by atoms with Gasteiger partial charge in [-0.2, -0.15) is 4.98 Å². The summed E-state index contributed by atoms with van der Waals surface area (Å²) in [6.45, 7) is 0.282. The molecule has 1 saturated heterocycles. The molecule has 0 spiro atoms. The second-order valence-corrected chi connectivity index (χ2v) is 8.95. The maximum Gasteiger partial charge on any atom is 0.233 e. The highest BCUT2D eigenvalue weighted by molar-refractivity contribution is 6.28. The number of anilines is 1. The zero-order valence-corrected chi connectivity index (χ0v) is 18.8. The molecule has 0 unspecified atom stereocenters. The summed E-state index contributed by atoms with van der Waals surface area (Å²) in [5.41, 5.74) is -0.0288. The van der Waals surface area contributed by atoms with E-state index in [-0.39, 0.29) is 54.9 Å². The SMILES string of the molecule is O=CN(O)C[C@@H](CC1CCCC1)C(=O)NCc1nc(Cl)nc(N2CCC[C@H]2CCO)c1F. The molecule has 1 aromatic rings. The van der Waals surface area contributed by atoms with Crippen molar-refractivity contribution in [3.05, 3.63) is 16.8 Å². The molecule has 178 valence electrons. The molecule has 1 aromatic heterocycles. The molecule has 32 heavy (non-hydrogen) atoms. The molecule has 2 heterocycles. The molecule has 0 aromatic carbocycles. The first-order chi connectivity index (χ1) is 15.4. The number of nitrogens with one attached hydrogen (secondary N) is 1. The lowest BCUT2D eigenvalue weighted by molar-refractivity contribution is -0.155. The Kier molecular flexibility index (Phi) is 9.01. The molecule has 9 nitrogen and oxygen atoms in total. The van der Waals surface area contributed by atoms with Gasteiger partial charge in [0.05, 0.1) is 19.0 Å². The third kappa shape index (κ3) is 6.26. The summed E-state index contributed by atoms with van der Waals surface area (Å²) in [4.78, 5) is 33.5. The van der Waals surface area contributed by atoms with Crippen LogP contribution in [0.1, 0.15) is 57.1 Å². The lowest BCUT2D eigenvalue weighted by Gasteiger charge is -2.26. The fourth-order valence-corrected chi connectivity index (χ4v) is 5.00. The second kappa shape index (κ2) is 11.7. The van der Waals surface area contributed by atoms with Crippen molar-refractivity contribution in [1.29, 1.82) is 0 Å². The summed E-state index contributed by atoms with van der Waals surface area (Å²) < 4.78 is 15.2. The number of hydrogen-bond acceptors (Lipinski definition) is 7. The van der Waals surface area contributed by atoms with Crippen LogP contribution in [-0.2, 0) is 16.1 Å². The van der Waals surface area contributed by atoms with Crippen LogP contribution in [-0.4, -0.2) is 63.4 Å². The molecule has 2 aliphatic rings. The number of nitrogens with zero attached hydrogens (tertiary/aromatic N) is 4. The van der Waals surface area contributed by atoms with Gasteiger partial charge in [0.2, 0.25) is 17.6 Å². The smallest absolute Gasteiger partial charge is 0.233 e. The minimum absolute atomic E-state index is 0.00440. The van der Waals surface area contributed by atoms with Crippen LogP contribution >= 0.6 is 11.6 Å². The number of carbonyl (C=O) groups is 2. The molecule has 3 N–H and O–H groups in total. The van der Waals surface area contributed by atoms with E-state index in [9.17, 15) is 19.9 Å². The lowest BCUT2D eigenvalue weighted by atomic mass is 9.92. The molecule has 2 fully saturated rings. The zero-order valence-electron chi connectivity index (χ0n) is 18.1. The molecule has 1 saturated carbocycles. The zero-order chi connectivity index (χ0) is 23.1. The molecule has 2 amide bonds. The van der Waals surface area contributed by atoms with Gasteiger partial charge in [-0.25, -0.2) is 14.4 Å². The van der Waals surface area contributed by atoms with Crippen LogP contribution in [0.4, 0.5) is 10.2 Å². The van der Waals surface area contributed by atoms with E-state index in [1.54, 1.807) is 4.90 Å². The van der Waals surface area contributed by atoms with Gasteiger partial charge in [-0.3, -0.25) is 14.8 Å². The summed E-state index contributed by atoms with van der Waals surface area (Å²) in [5, 5.41) is 21.9. The maximum atomic E-state index is 15.2. The van der Waals surface area contributed by atoms with Crippen molar-refractivity contribution in [2.45, 2.75) is 64.0 Å². The van der Waals surface area contributed by atoms with Gasteiger partial charge in [0.15, 0.2) is 11.6 Å². The summed E-state index contributed by atoms with van der Waals surface area (Å²) in [7, 11) is 0. The number of hydrogen-bond donors (Lipinski definition) is 3. The van der Waals surface area contributed by atoms with Gasteiger partial charge in [0, 0.05) is 19.2 Å². The van der Waals surface area contributed by atoms with Crippen LogP contribution in [0.25, 0.3) is 0 Å². The largest absolute Gasteiger partial charge is 0.396 e. The topological polar surface area (TPSA) is 119 Å². The van der Waals surface area contributed by atoms with Crippen molar-refractivity contribution in [3.63, 3.8) is 0 Å². The third-order valence-corrected chi connectivity index (χ3v) is 6.58. The summed E-state index contributed by atoms with van der Waals surface area (Å²) in [6, 6.07) is -0.0300. The monoisotopic (exact) mass is 471 g/mol. The number of amides is 2. The van der Waals surface area contributed by atoms with Crippen molar-refractivity contribution in [2.75, 3.05) is 24.6 Å². The fraction of sp³-hybridized carbons (Fsp3) is 0.714. The number of rotatable bonds is 11. The van der Waals surface area contributed by atoms with Gasteiger partial charge < -0.3 is 15.3 Å². The number of aromatic nitrogens is 2. The minimum atomic E-state index is -0.649. The first-order valence-corrected chi connectivity index (χ1v) is 11.6. The van der Waals surface area contributed by atoms with E-state index in [2.05, 4.69) is 15.3 Å². The maximum absolute atomic E-state index is 15.2. The van der Waals surface area contributed by atoms with E-state index in [0.29, 0.717) is 30.4 Å². The van der Waals surface area contributed by atoms with Crippen LogP contribution < -0.4 is 10.2 Å². The second-order valence-electron chi connectivity index (χ2n) is 8.61. The predicted octanol–water partition coefficient (Wildman–Crippen LogP) is 2.28. The van der Waals surface area contributed by atoms with E-state index < -0.39 is 11.7 Å². The molecule has 1 aliphatic heterocycles. The Morgan fingerprint density at radius 1 is 1.31 bits per heavy atom. The van der Waals surface area contributed by atoms with E-state index in [0.717, 1.165) is 38.5 Å². The van der Waals surface area contributed by atoms with Crippen molar-refractivity contribution < 1.29 is 24.3 Å². The minimum Gasteiger partial charge on any atom is -0.396 e. The Labute approximate surface area is 191 Å². The number of hydroxylamine groups is 2. The van der Waals surface area contributed by atoms with Crippen LogP contribution in [0.5, 0.6) is 0 Å². The molecule has 11 heteroatoms. The van der Waals surface area contributed by atoms with Crippen molar-refractivity contribution >= 4 is 29.7 Å². The van der Waals surface area contributed by atoms with Crippen LogP contribution in [0.3, 0.4) is 0 Å². The highest BCUT2D eigenvalue weighted by Crippen LogP contribution is 2.31. The van der Waals surface area contributed by atoms with Gasteiger partial charge in [0.1, 0.15) is 5.69 Å².